The van der Waals surface area contributed by atoms with Crippen LogP contribution in [0, 0.1) is 35.8 Å². The van der Waals surface area contributed by atoms with E-state index in [9.17, 15) is 0 Å². The van der Waals surface area contributed by atoms with E-state index in [1.165, 1.54) is 12.2 Å². The summed E-state index contributed by atoms with van der Waals surface area (Å²) in [6.07, 6.45) is 9.43. The van der Waals surface area contributed by atoms with Crippen LogP contribution >= 0.6 is 0 Å². The zero-order valence-corrected chi connectivity index (χ0v) is 22.9. The number of nitriles is 2. The Kier molecular flexibility index (Phi) is 9.40. The van der Waals surface area contributed by atoms with E-state index in [0.717, 1.165) is 21.9 Å². The molecule has 4 rings (SSSR count). The molecule has 2 aromatic carbocycles. The average Bonchev–Trinajstić information content (AvgIpc) is 3.68. The molecular formula is C34H24N4O4. The van der Waals surface area contributed by atoms with Crippen LogP contribution in [0.4, 0.5) is 0 Å². The molecule has 0 N–H and O–H groups in total. The molecule has 0 atom stereocenters. The summed E-state index contributed by atoms with van der Waals surface area (Å²) in [5.41, 5.74) is 1.51. The predicted octanol–water partition coefficient (Wildman–Crippen LogP) is 8.84. The summed E-state index contributed by atoms with van der Waals surface area (Å²) in [7, 11) is 0. The molecular weight excluding hydrogens is 528 g/mol. The fourth-order valence-corrected chi connectivity index (χ4v) is 4.18. The fourth-order valence-electron chi connectivity index (χ4n) is 4.18. The van der Waals surface area contributed by atoms with Crippen molar-refractivity contribution in [2.45, 2.75) is 13.8 Å². The fraction of sp³-hybridized carbons (Fsp3) is 0.118. The van der Waals surface area contributed by atoms with Crippen molar-refractivity contribution in [1.29, 1.82) is 10.5 Å². The number of benzene rings is 2. The Balaban J connectivity index is 1.75. The summed E-state index contributed by atoms with van der Waals surface area (Å²) in [6, 6.07) is 18.7. The van der Waals surface area contributed by atoms with Crippen molar-refractivity contribution in [1.82, 2.24) is 0 Å². The highest BCUT2D eigenvalue weighted by Gasteiger charge is 2.20. The van der Waals surface area contributed by atoms with Crippen LogP contribution in [0.2, 0.25) is 0 Å². The Morgan fingerprint density at radius 3 is 1.50 bits per heavy atom. The SMILES string of the molecule is [C-]#[N+]/C(C#N)=C\C=C\c1ccc(-c2ccc3c(OCC)c(-c4ccc(/C=C/C=C(\C#N)[N+]#[C-])o4)ccc3c2OCC)o1. The Hall–Kier alpha value is -6.22. The van der Waals surface area contributed by atoms with Crippen LogP contribution in [0.1, 0.15) is 25.4 Å². The van der Waals surface area contributed by atoms with Crippen LogP contribution < -0.4 is 9.47 Å². The largest absolute Gasteiger partial charge is 0.492 e. The van der Waals surface area contributed by atoms with E-state index in [0.29, 0.717) is 47.8 Å². The maximum Gasteiger partial charge on any atom is 0.261 e. The Labute approximate surface area is 243 Å². The lowest BCUT2D eigenvalue weighted by molar-refractivity contribution is 0.341. The molecule has 0 spiro atoms. The van der Waals surface area contributed by atoms with Crippen LogP contribution in [0.5, 0.6) is 11.5 Å². The van der Waals surface area contributed by atoms with Gasteiger partial charge >= 0.3 is 0 Å². The van der Waals surface area contributed by atoms with Crippen molar-refractivity contribution >= 4 is 22.9 Å². The first-order chi connectivity index (χ1) is 20.6. The van der Waals surface area contributed by atoms with Crippen LogP contribution in [0.25, 0.3) is 55.3 Å². The summed E-state index contributed by atoms with van der Waals surface area (Å²) in [5, 5.41) is 19.5. The highest BCUT2D eigenvalue weighted by Crippen LogP contribution is 2.44. The summed E-state index contributed by atoms with van der Waals surface area (Å²) in [6.45, 7) is 18.6. The maximum absolute atomic E-state index is 8.90. The Morgan fingerprint density at radius 1 is 0.714 bits per heavy atom. The van der Waals surface area contributed by atoms with Gasteiger partial charge < -0.3 is 18.3 Å². The molecule has 204 valence electrons. The summed E-state index contributed by atoms with van der Waals surface area (Å²) in [5.74, 6) is 3.63. The molecule has 0 radical (unpaired) electrons. The molecule has 0 aliphatic rings. The lowest BCUT2D eigenvalue weighted by atomic mass is 9.99. The van der Waals surface area contributed by atoms with Crippen molar-refractivity contribution in [3.63, 3.8) is 0 Å². The molecule has 0 aliphatic heterocycles. The van der Waals surface area contributed by atoms with E-state index in [2.05, 4.69) is 9.69 Å². The van der Waals surface area contributed by atoms with Gasteiger partial charge in [-0.1, -0.05) is 12.2 Å². The minimum Gasteiger partial charge on any atom is -0.492 e. The van der Waals surface area contributed by atoms with Gasteiger partial charge in [0.25, 0.3) is 11.4 Å². The van der Waals surface area contributed by atoms with E-state index >= 15 is 0 Å². The second-order valence-electron chi connectivity index (χ2n) is 8.52. The predicted molar refractivity (Wildman–Crippen MR) is 160 cm³/mol. The number of nitrogens with zero attached hydrogens (tertiary/aromatic N) is 4. The number of allylic oxidation sites excluding steroid dienone is 6. The van der Waals surface area contributed by atoms with Crippen molar-refractivity contribution in [3.05, 3.63) is 119 Å². The van der Waals surface area contributed by atoms with Crippen molar-refractivity contribution < 1.29 is 18.3 Å². The number of ether oxygens (including phenoxy) is 2. The van der Waals surface area contributed by atoms with E-state index in [1.54, 1.807) is 36.4 Å². The quantitative estimate of drug-likeness (QED) is 0.111. The Bertz CT molecular complexity index is 1740. The minimum absolute atomic E-state index is 0.0131. The molecule has 2 aromatic heterocycles. The van der Waals surface area contributed by atoms with Crippen LogP contribution in [0.15, 0.2) is 93.1 Å². The topological polar surface area (TPSA) is 101 Å². The summed E-state index contributed by atoms with van der Waals surface area (Å²) in [4.78, 5) is 6.27. The van der Waals surface area contributed by atoms with Crippen LogP contribution in [0.3, 0.4) is 0 Å². The standard InChI is InChI=1S/C34H24N4O4/c1-5-39-33-27-15-18-30(32-20-14-26(42-32)12-8-10-24(22-36)38-4)34(40-6-2)28(27)16-17-29(33)31-19-13-25(41-31)11-7-9-23(21-35)37-3/h7-20H,5-6H2,1-2H3/b11-7+,12-8+,23-9-,24-10+. The number of rotatable bonds is 10. The van der Waals surface area contributed by atoms with Gasteiger partial charge in [0.2, 0.25) is 0 Å². The second-order valence-corrected chi connectivity index (χ2v) is 8.52. The smallest absolute Gasteiger partial charge is 0.261 e. The second kappa shape index (κ2) is 13.7. The van der Waals surface area contributed by atoms with E-state index < -0.39 is 0 Å². The molecule has 8 heteroatoms. The maximum atomic E-state index is 8.90. The van der Waals surface area contributed by atoms with Gasteiger partial charge in [0, 0.05) is 10.8 Å². The Morgan fingerprint density at radius 2 is 1.14 bits per heavy atom. The van der Waals surface area contributed by atoms with Gasteiger partial charge in [-0.3, -0.25) is 0 Å². The zero-order valence-electron chi connectivity index (χ0n) is 22.9. The van der Waals surface area contributed by atoms with Gasteiger partial charge in [0.15, 0.2) is 0 Å². The third kappa shape index (κ3) is 6.32. The average molecular weight is 553 g/mol. The van der Waals surface area contributed by atoms with Gasteiger partial charge in [-0.05, 0) is 86.7 Å². The third-order valence-corrected chi connectivity index (χ3v) is 5.96. The van der Waals surface area contributed by atoms with Gasteiger partial charge in [-0.2, -0.15) is 0 Å². The molecule has 8 nitrogen and oxygen atoms in total. The van der Waals surface area contributed by atoms with Crippen LogP contribution in [-0.2, 0) is 0 Å². The van der Waals surface area contributed by atoms with E-state index in [1.807, 2.05) is 62.4 Å². The van der Waals surface area contributed by atoms with Gasteiger partial charge in [0.1, 0.15) is 34.5 Å². The minimum atomic E-state index is -0.0131. The highest BCUT2D eigenvalue weighted by atomic mass is 16.5. The molecule has 0 fully saturated rings. The first kappa shape index (κ1) is 28.8. The number of hydrogen-bond acceptors (Lipinski definition) is 6. The molecule has 42 heavy (non-hydrogen) atoms. The molecule has 0 aliphatic carbocycles. The van der Waals surface area contributed by atoms with Crippen molar-refractivity contribution in [2.75, 3.05) is 13.2 Å². The normalized spacial score (nSPS) is 11.8. The molecule has 4 aromatic rings. The molecule has 2 heterocycles. The number of furan rings is 2. The first-order valence-electron chi connectivity index (χ1n) is 12.9. The van der Waals surface area contributed by atoms with Gasteiger partial charge in [-0.15, -0.1) is 0 Å². The molecule has 0 saturated carbocycles. The van der Waals surface area contributed by atoms with Crippen LogP contribution in [-0.4, -0.2) is 13.2 Å². The van der Waals surface area contributed by atoms with Gasteiger partial charge in [0.05, 0.1) is 49.6 Å². The lowest BCUT2D eigenvalue weighted by Gasteiger charge is -2.17. The molecule has 0 unspecified atom stereocenters. The summed E-state index contributed by atoms with van der Waals surface area (Å²) >= 11 is 0. The van der Waals surface area contributed by atoms with Gasteiger partial charge in [-0.25, -0.2) is 20.2 Å². The third-order valence-electron chi connectivity index (χ3n) is 5.96. The number of hydrogen-bond donors (Lipinski definition) is 0. The van der Waals surface area contributed by atoms with Crippen molar-refractivity contribution in [3.8, 4) is 46.3 Å². The molecule has 0 amide bonds. The van der Waals surface area contributed by atoms with Crippen molar-refractivity contribution in [2.24, 2.45) is 0 Å². The van der Waals surface area contributed by atoms with E-state index in [4.69, 9.17) is 42.0 Å². The lowest BCUT2D eigenvalue weighted by Crippen LogP contribution is -1.99. The summed E-state index contributed by atoms with van der Waals surface area (Å²) < 4.78 is 24.3. The number of fused-ring (bicyclic) bond motifs is 1. The first-order valence-corrected chi connectivity index (χ1v) is 12.9. The van der Waals surface area contributed by atoms with E-state index in [-0.39, 0.29) is 11.4 Å². The molecule has 0 bridgehead atoms. The monoisotopic (exact) mass is 552 g/mol. The zero-order chi connectivity index (χ0) is 29.9. The molecule has 0 saturated heterocycles. The highest BCUT2D eigenvalue weighted by molar-refractivity contribution is 6.01.